The second-order valence-electron chi connectivity index (χ2n) is 14.5. The van der Waals surface area contributed by atoms with Crippen LogP contribution in [0.15, 0.2) is 223 Å². The van der Waals surface area contributed by atoms with Crippen molar-refractivity contribution in [2.24, 2.45) is 0 Å². The fraction of sp³-hybridized carbons (Fsp3) is 0. The van der Waals surface area contributed by atoms with Gasteiger partial charge < -0.3 is 13.9 Å². The summed E-state index contributed by atoms with van der Waals surface area (Å²) >= 11 is 0. The highest BCUT2D eigenvalue weighted by atomic mass is 16.3. The van der Waals surface area contributed by atoms with Gasteiger partial charge in [0.05, 0.1) is 16.7 Å². The lowest BCUT2D eigenvalue weighted by atomic mass is 9.96. The molecule has 9 aromatic carbocycles. The number of furan rings is 1. The van der Waals surface area contributed by atoms with Crippen LogP contribution in [0, 0.1) is 0 Å². The Bertz CT molecular complexity index is 3200. The minimum absolute atomic E-state index is 0.886. The van der Waals surface area contributed by atoms with Gasteiger partial charge in [-0.1, -0.05) is 158 Å². The summed E-state index contributed by atoms with van der Waals surface area (Å²) in [6, 6.07) is 78.0. The minimum atomic E-state index is 0.886. The molecule has 3 nitrogen and oxygen atoms in total. The molecule has 0 amide bonds. The zero-order chi connectivity index (χ0) is 37.7. The van der Waals surface area contributed by atoms with Crippen molar-refractivity contribution in [3.05, 3.63) is 218 Å². The standard InChI is InChI=1S/C54H36N2O/c1-4-16-37(17-5-1)38-28-32-42(33-29-38)55(49-25-13-10-22-44(49)39-18-6-2-7-19-39)43-34-30-40(31-35-43)47-36-48-45-23-12-15-27-51(45)57-54(48)53-52(47)46-24-11-14-26-50(46)56(53)41-20-8-3-9-21-41/h1-36H. The molecule has 0 atom stereocenters. The van der Waals surface area contributed by atoms with E-state index in [0.29, 0.717) is 0 Å². The fourth-order valence-electron chi connectivity index (χ4n) is 8.58. The Morgan fingerprint density at radius 1 is 0.386 bits per heavy atom. The quantitative estimate of drug-likeness (QED) is 0.163. The first-order chi connectivity index (χ1) is 28.3. The molecule has 268 valence electrons. The molecule has 0 N–H and O–H groups in total. The van der Waals surface area contributed by atoms with E-state index in [0.717, 1.165) is 61.3 Å². The van der Waals surface area contributed by atoms with Gasteiger partial charge in [-0.3, -0.25) is 0 Å². The van der Waals surface area contributed by atoms with E-state index in [1.807, 2.05) is 6.07 Å². The molecule has 0 aliphatic carbocycles. The minimum Gasteiger partial charge on any atom is -0.454 e. The zero-order valence-electron chi connectivity index (χ0n) is 31.1. The van der Waals surface area contributed by atoms with Gasteiger partial charge in [-0.05, 0) is 88.5 Å². The third-order valence-corrected chi connectivity index (χ3v) is 11.2. The molecular weight excluding hydrogens is 693 g/mol. The Morgan fingerprint density at radius 2 is 0.912 bits per heavy atom. The number of anilines is 3. The molecule has 0 saturated carbocycles. The van der Waals surface area contributed by atoms with Crippen molar-refractivity contribution in [1.29, 1.82) is 0 Å². The Balaban J connectivity index is 1.13. The van der Waals surface area contributed by atoms with E-state index in [1.165, 1.54) is 38.6 Å². The fourth-order valence-corrected chi connectivity index (χ4v) is 8.58. The summed E-state index contributed by atoms with van der Waals surface area (Å²) in [5.74, 6) is 0. The van der Waals surface area contributed by atoms with Crippen LogP contribution in [0.4, 0.5) is 17.1 Å². The number of fused-ring (bicyclic) bond motifs is 7. The average molecular weight is 729 g/mol. The van der Waals surface area contributed by atoms with E-state index < -0.39 is 0 Å². The third-order valence-electron chi connectivity index (χ3n) is 11.2. The van der Waals surface area contributed by atoms with Crippen LogP contribution in [0.1, 0.15) is 0 Å². The highest BCUT2D eigenvalue weighted by molar-refractivity contribution is 6.26. The monoisotopic (exact) mass is 728 g/mol. The number of aromatic nitrogens is 1. The summed E-state index contributed by atoms with van der Waals surface area (Å²) in [5.41, 5.74) is 15.4. The molecule has 3 heteroatoms. The number of hydrogen-bond donors (Lipinski definition) is 0. The predicted octanol–water partition coefficient (Wildman–Crippen LogP) is 15.2. The van der Waals surface area contributed by atoms with Gasteiger partial charge in [-0.15, -0.1) is 0 Å². The van der Waals surface area contributed by atoms with Crippen LogP contribution in [-0.4, -0.2) is 4.57 Å². The van der Waals surface area contributed by atoms with Crippen LogP contribution in [0.5, 0.6) is 0 Å². The first-order valence-electron chi connectivity index (χ1n) is 19.4. The molecular formula is C54H36N2O. The van der Waals surface area contributed by atoms with E-state index >= 15 is 0 Å². The van der Waals surface area contributed by atoms with Crippen LogP contribution < -0.4 is 4.90 Å². The molecule has 0 aliphatic heterocycles. The van der Waals surface area contributed by atoms with Crippen molar-refractivity contribution in [2.45, 2.75) is 0 Å². The van der Waals surface area contributed by atoms with Gasteiger partial charge in [-0.25, -0.2) is 0 Å². The number of hydrogen-bond acceptors (Lipinski definition) is 2. The summed E-state index contributed by atoms with van der Waals surface area (Å²) < 4.78 is 9.12. The van der Waals surface area contributed by atoms with Gasteiger partial charge in [0.25, 0.3) is 0 Å². The highest BCUT2D eigenvalue weighted by Crippen LogP contribution is 2.47. The van der Waals surface area contributed by atoms with Gasteiger partial charge in [0.2, 0.25) is 0 Å². The normalized spacial score (nSPS) is 11.5. The molecule has 0 fully saturated rings. The largest absolute Gasteiger partial charge is 0.454 e. The first kappa shape index (κ1) is 32.8. The van der Waals surface area contributed by atoms with Crippen LogP contribution >= 0.6 is 0 Å². The highest BCUT2D eigenvalue weighted by Gasteiger charge is 2.23. The zero-order valence-corrected chi connectivity index (χ0v) is 31.1. The molecule has 0 radical (unpaired) electrons. The van der Waals surface area contributed by atoms with Crippen molar-refractivity contribution < 1.29 is 4.42 Å². The Labute approximate surface area is 330 Å². The topological polar surface area (TPSA) is 21.3 Å². The molecule has 0 spiro atoms. The van der Waals surface area contributed by atoms with Crippen molar-refractivity contribution in [3.8, 4) is 39.1 Å². The molecule has 11 aromatic rings. The van der Waals surface area contributed by atoms with E-state index in [4.69, 9.17) is 4.42 Å². The summed E-state index contributed by atoms with van der Waals surface area (Å²) in [6.45, 7) is 0. The van der Waals surface area contributed by atoms with Crippen LogP contribution in [0.2, 0.25) is 0 Å². The summed E-state index contributed by atoms with van der Waals surface area (Å²) in [5, 5.41) is 4.58. The first-order valence-corrected chi connectivity index (χ1v) is 19.4. The van der Waals surface area contributed by atoms with Crippen molar-refractivity contribution in [3.63, 3.8) is 0 Å². The maximum absolute atomic E-state index is 6.75. The van der Waals surface area contributed by atoms with Gasteiger partial charge >= 0.3 is 0 Å². The SMILES string of the molecule is c1ccc(-c2ccc(N(c3ccc(-c4cc5c6ccccc6oc5c5c4c4ccccc4n5-c4ccccc4)cc3)c3ccccc3-c3ccccc3)cc2)cc1. The third kappa shape index (κ3) is 5.51. The van der Waals surface area contributed by atoms with Gasteiger partial charge in [0, 0.05) is 44.2 Å². The van der Waals surface area contributed by atoms with Gasteiger partial charge in [-0.2, -0.15) is 0 Å². The summed E-state index contributed by atoms with van der Waals surface area (Å²) in [6.07, 6.45) is 0. The van der Waals surface area contributed by atoms with Crippen LogP contribution in [0.25, 0.3) is 82.8 Å². The van der Waals surface area contributed by atoms with E-state index in [2.05, 4.69) is 222 Å². The number of nitrogens with zero attached hydrogens (tertiary/aromatic N) is 2. The predicted molar refractivity (Wildman–Crippen MR) is 239 cm³/mol. The Morgan fingerprint density at radius 3 is 1.63 bits per heavy atom. The van der Waals surface area contributed by atoms with Crippen LogP contribution in [0.3, 0.4) is 0 Å². The van der Waals surface area contributed by atoms with Crippen molar-refractivity contribution >= 4 is 60.8 Å². The number of para-hydroxylation sites is 4. The van der Waals surface area contributed by atoms with Crippen LogP contribution in [-0.2, 0) is 0 Å². The molecule has 57 heavy (non-hydrogen) atoms. The Hall–Kier alpha value is -7.62. The van der Waals surface area contributed by atoms with E-state index in [9.17, 15) is 0 Å². The number of rotatable bonds is 7. The molecule has 2 heterocycles. The molecule has 2 aromatic heterocycles. The average Bonchev–Trinajstić information content (AvgIpc) is 3.84. The molecule has 0 unspecified atom stereocenters. The van der Waals surface area contributed by atoms with Crippen molar-refractivity contribution in [2.75, 3.05) is 4.90 Å². The second kappa shape index (κ2) is 13.6. The molecule has 0 aliphatic rings. The molecule has 11 rings (SSSR count). The maximum Gasteiger partial charge on any atom is 0.160 e. The lowest BCUT2D eigenvalue weighted by molar-refractivity contribution is 0.671. The summed E-state index contributed by atoms with van der Waals surface area (Å²) in [4.78, 5) is 2.38. The smallest absolute Gasteiger partial charge is 0.160 e. The second-order valence-corrected chi connectivity index (χ2v) is 14.5. The molecule has 0 saturated heterocycles. The van der Waals surface area contributed by atoms with Gasteiger partial charge in [0.15, 0.2) is 5.58 Å². The number of benzene rings is 9. The van der Waals surface area contributed by atoms with Gasteiger partial charge in [0.1, 0.15) is 5.58 Å². The lowest BCUT2D eigenvalue weighted by Crippen LogP contribution is -2.11. The van der Waals surface area contributed by atoms with E-state index in [1.54, 1.807) is 0 Å². The maximum atomic E-state index is 6.75. The lowest BCUT2D eigenvalue weighted by Gasteiger charge is -2.28. The summed E-state index contributed by atoms with van der Waals surface area (Å²) in [7, 11) is 0. The molecule has 0 bridgehead atoms. The Kier molecular flexibility index (Phi) is 7.82. The van der Waals surface area contributed by atoms with Crippen molar-refractivity contribution in [1.82, 2.24) is 4.57 Å². The van der Waals surface area contributed by atoms with E-state index in [-0.39, 0.29) is 0 Å².